The van der Waals surface area contributed by atoms with Gasteiger partial charge in [-0.3, -0.25) is 9.59 Å². The van der Waals surface area contributed by atoms with Crippen LogP contribution in [0.25, 0.3) is 16.7 Å². The molecule has 1 unspecified atom stereocenters. The summed E-state index contributed by atoms with van der Waals surface area (Å²) in [4.78, 5) is 44.8. The standard InChI is InChI=1S/C24H20N4O4.C2HF3O2/c1-31-19-12-16-17(13-20(19)32-2)26-22-18(11-14-7-4-3-5-8-14)27-23(29)15-9-6-10-25-21(15)28(22)24(16)30;3-2(4,5)1(6)7/h3-10,12-13,18H,11H2,1-2H3,(H,27,29);(H,6,7). The quantitative estimate of drug-likeness (QED) is 0.401. The highest BCUT2D eigenvalue weighted by Crippen LogP contribution is 2.32. The van der Waals surface area contributed by atoms with Gasteiger partial charge in [-0.1, -0.05) is 30.3 Å². The predicted octanol–water partition coefficient (Wildman–Crippen LogP) is 3.46. The summed E-state index contributed by atoms with van der Waals surface area (Å²) in [6.07, 6.45) is -3.07. The molecule has 10 nitrogen and oxygen atoms in total. The second-order valence-electron chi connectivity index (χ2n) is 8.23. The molecule has 0 saturated carbocycles. The number of amides is 1. The van der Waals surface area contributed by atoms with Crippen molar-refractivity contribution in [2.75, 3.05) is 14.2 Å². The number of carbonyl (C=O) groups is 2. The third kappa shape index (κ3) is 5.51. The molecular weight excluding hydrogens is 521 g/mol. The van der Waals surface area contributed by atoms with Crippen LogP contribution in [0.5, 0.6) is 11.5 Å². The van der Waals surface area contributed by atoms with Gasteiger partial charge in [0.2, 0.25) is 0 Å². The van der Waals surface area contributed by atoms with Crippen molar-refractivity contribution in [2.24, 2.45) is 0 Å². The number of carboxylic acid groups (broad SMARTS) is 1. The van der Waals surface area contributed by atoms with Crippen LogP contribution in [0.15, 0.2) is 65.6 Å². The molecule has 2 N–H and O–H groups in total. The number of fused-ring (bicyclic) bond motifs is 4. The third-order valence-corrected chi connectivity index (χ3v) is 5.78. The average Bonchev–Trinajstić information content (AvgIpc) is 3.03. The Hall–Kier alpha value is -4.94. The number of carbonyl (C=O) groups excluding carboxylic acids is 1. The topological polar surface area (TPSA) is 133 Å². The highest BCUT2D eigenvalue weighted by molar-refractivity contribution is 5.98. The number of alkyl halides is 3. The minimum absolute atomic E-state index is 0.254. The van der Waals surface area contributed by atoms with E-state index in [2.05, 4.69) is 10.3 Å². The normalized spacial score (nSPS) is 14.2. The van der Waals surface area contributed by atoms with Crippen molar-refractivity contribution in [1.29, 1.82) is 0 Å². The Morgan fingerprint density at radius 3 is 2.31 bits per heavy atom. The second kappa shape index (κ2) is 10.8. The molecule has 0 bridgehead atoms. The lowest BCUT2D eigenvalue weighted by molar-refractivity contribution is -0.192. The lowest BCUT2D eigenvalue weighted by Gasteiger charge is -2.19. The van der Waals surface area contributed by atoms with E-state index in [4.69, 9.17) is 24.4 Å². The van der Waals surface area contributed by atoms with E-state index in [0.717, 1.165) is 5.56 Å². The Morgan fingerprint density at radius 2 is 1.69 bits per heavy atom. The van der Waals surface area contributed by atoms with Crippen molar-refractivity contribution < 1.29 is 37.3 Å². The molecule has 0 radical (unpaired) electrons. The number of nitrogens with one attached hydrogen (secondary N) is 1. The zero-order valence-electron chi connectivity index (χ0n) is 20.5. The molecule has 2 aromatic heterocycles. The molecule has 4 aromatic rings. The molecule has 202 valence electrons. The van der Waals surface area contributed by atoms with E-state index in [1.807, 2.05) is 30.3 Å². The Kier molecular flexibility index (Phi) is 7.51. The van der Waals surface area contributed by atoms with E-state index < -0.39 is 18.2 Å². The van der Waals surface area contributed by atoms with E-state index >= 15 is 0 Å². The molecule has 1 aliphatic heterocycles. The molecular formula is C26H21F3N4O6. The Balaban J connectivity index is 0.000000448. The van der Waals surface area contributed by atoms with Crippen LogP contribution in [0.1, 0.15) is 27.8 Å². The smallest absolute Gasteiger partial charge is 0.490 e. The molecule has 39 heavy (non-hydrogen) atoms. The van der Waals surface area contributed by atoms with E-state index in [0.29, 0.717) is 40.2 Å². The van der Waals surface area contributed by atoms with Gasteiger partial charge in [-0.05, 0) is 30.2 Å². The van der Waals surface area contributed by atoms with Crippen molar-refractivity contribution in [1.82, 2.24) is 19.9 Å². The van der Waals surface area contributed by atoms with Gasteiger partial charge < -0.3 is 19.9 Å². The number of carboxylic acids is 1. The zero-order chi connectivity index (χ0) is 28.3. The third-order valence-electron chi connectivity index (χ3n) is 5.78. The van der Waals surface area contributed by atoms with Crippen LogP contribution in [0.4, 0.5) is 13.2 Å². The van der Waals surface area contributed by atoms with Crippen LogP contribution in [0, 0.1) is 0 Å². The summed E-state index contributed by atoms with van der Waals surface area (Å²) in [5, 5.41) is 10.5. The number of methoxy groups -OCH3 is 2. The molecule has 0 spiro atoms. The van der Waals surface area contributed by atoms with Crippen molar-refractivity contribution in [3.05, 3.63) is 88.1 Å². The van der Waals surface area contributed by atoms with Gasteiger partial charge in [0.1, 0.15) is 5.82 Å². The lowest BCUT2D eigenvalue weighted by atomic mass is 10.0. The highest BCUT2D eigenvalue weighted by atomic mass is 19.4. The highest BCUT2D eigenvalue weighted by Gasteiger charge is 2.38. The van der Waals surface area contributed by atoms with Crippen molar-refractivity contribution >= 4 is 22.8 Å². The predicted molar refractivity (Wildman–Crippen MR) is 132 cm³/mol. The summed E-state index contributed by atoms with van der Waals surface area (Å²) in [6, 6.07) is 15.8. The second-order valence-corrected chi connectivity index (χ2v) is 8.23. The SMILES string of the molecule is COc1cc2nc3n(c(=O)c2cc1OC)-c1ncccc1C(=O)NC3Cc1ccccc1.O=C(O)C(F)(F)F. The van der Waals surface area contributed by atoms with Gasteiger partial charge in [0.15, 0.2) is 17.3 Å². The van der Waals surface area contributed by atoms with Crippen molar-refractivity contribution in [3.8, 4) is 17.3 Å². The molecule has 0 fully saturated rings. The number of benzene rings is 2. The number of hydrogen-bond donors (Lipinski definition) is 2. The van der Waals surface area contributed by atoms with E-state index in [-0.39, 0.29) is 17.3 Å². The summed E-state index contributed by atoms with van der Waals surface area (Å²) in [6.45, 7) is 0. The Labute approximate surface area is 218 Å². The minimum atomic E-state index is -5.08. The maximum absolute atomic E-state index is 13.7. The Morgan fingerprint density at radius 1 is 1.05 bits per heavy atom. The minimum Gasteiger partial charge on any atom is -0.493 e. The first-order valence-corrected chi connectivity index (χ1v) is 11.3. The first-order valence-electron chi connectivity index (χ1n) is 11.3. The molecule has 0 aliphatic carbocycles. The lowest BCUT2D eigenvalue weighted by Crippen LogP contribution is -2.32. The number of aliphatic carboxylic acids is 1. The van der Waals surface area contributed by atoms with Gasteiger partial charge in [-0.2, -0.15) is 13.2 Å². The van der Waals surface area contributed by atoms with Crippen LogP contribution in [-0.4, -0.2) is 51.9 Å². The van der Waals surface area contributed by atoms with Gasteiger partial charge in [0, 0.05) is 12.3 Å². The number of ether oxygens (including phenoxy) is 2. The van der Waals surface area contributed by atoms with E-state index in [9.17, 15) is 22.8 Å². The number of pyridine rings is 1. The molecule has 2 aromatic carbocycles. The molecule has 1 aliphatic rings. The fraction of sp³-hybridized carbons (Fsp3) is 0.192. The first-order chi connectivity index (χ1) is 18.5. The maximum atomic E-state index is 13.7. The summed E-state index contributed by atoms with van der Waals surface area (Å²) < 4.78 is 43.9. The van der Waals surface area contributed by atoms with Crippen molar-refractivity contribution in [3.63, 3.8) is 0 Å². The largest absolute Gasteiger partial charge is 0.493 e. The average molecular weight is 542 g/mol. The van der Waals surface area contributed by atoms with E-state index in [1.165, 1.54) is 18.8 Å². The molecule has 3 heterocycles. The maximum Gasteiger partial charge on any atom is 0.490 e. The number of rotatable bonds is 4. The summed E-state index contributed by atoms with van der Waals surface area (Å²) in [5.74, 6) is -1.52. The van der Waals surface area contributed by atoms with Gasteiger partial charge in [-0.25, -0.2) is 19.3 Å². The van der Waals surface area contributed by atoms with Gasteiger partial charge in [0.05, 0.1) is 36.7 Å². The van der Waals surface area contributed by atoms with Gasteiger partial charge in [0.25, 0.3) is 11.5 Å². The molecule has 1 atom stereocenters. The van der Waals surface area contributed by atoms with Crippen LogP contribution in [0.2, 0.25) is 0 Å². The number of hydrogen-bond acceptors (Lipinski definition) is 7. The zero-order valence-corrected chi connectivity index (χ0v) is 20.5. The first kappa shape index (κ1) is 27.1. The number of aromatic nitrogens is 3. The van der Waals surface area contributed by atoms with Crippen LogP contribution in [-0.2, 0) is 11.2 Å². The summed E-state index contributed by atoms with van der Waals surface area (Å²) >= 11 is 0. The number of nitrogens with zero attached hydrogens (tertiary/aromatic N) is 3. The van der Waals surface area contributed by atoms with E-state index in [1.54, 1.807) is 30.5 Å². The Bertz CT molecular complexity index is 1610. The van der Waals surface area contributed by atoms with Gasteiger partial charge in [-0.15, -0.1) is 0 Å². The monoisotopic (exact) mass is 542 g/mol. The fourth-order valence-electron chi connectivity index (χ4n) is 4.01. The van der Waals surface area contributed by atoms with Gasteiger partial charge >= 0.3 is 12.1 Å². The molecule has 1 amide bonds. The van der Waals surface area contributed by atoms with Crippen LogP contribution in [0.3, 0.4) is 0 Å². The molecule has 0 saturated heterocycles. The van der Waals surface area contributed by atoms with Crippen molar-refractivity contribution in [2.45, 2.75) is 18.6 Å². The van der Waals surface area contributed by atoms with Crippen LogP contribution < -0.4 is 20.3 Å². The summed E-state index contributed by atoms with van der Waals surface area (Å²) in [5.41, 5.74) is 1.43. The van der Waals surface area contributed by atoms with Crippen LogP contribution >= 0.6 is 0 Å². The summed E-state index contributed by atoms with van der Waals surface area (Å²) in [7, 11) is 3.03. The number of halogens is 3. The molecule has 13 heteroatoms. The molecule has 5 rings (SSSR count). The fourth-order valence-corrected chi connectivity index (χ4v) is 4.01.